The van der Waals surface area contributed by atoms with E-state index in [9.17, 15) is 15.0 Å². The lowest BCUT2D eigenvalue weighted by Crippen LogP contribution is -2.56. The molecule has 0 aliphatic heterocycles. The van der Waals surface area contributed by atoms with Crippen molar-refractivity contribution in [3.63, 3.8) is 0 Å². The van der Waals surface area contributed by atoms with Crippen LogP contribution in [0.5, 0.6) is 0 Å². The molecule has 2 aliphatic carbocycles. The van der Waals surface area contributed by atoms with Gasteiger partial charge in [0.25, 0.3) is 0 Å². The van der Waals surface area contributed by atoms with Gasteiger partial charge in [0.1, 0.15) is 0 Å². The highest BCUT2D eigenvalue weighted by atomic mass is 127. The molecule has 2 rings (SSSR count). The van der Waals surface area contributed by atoms with Gasteiger partial charge in [0, 0.05) is 3.92 Å². The molecule has 0 aromatic heterocycles. The van der Waals surface area contributed by atoms with Gasteiger partial charge in [0.15, 0.2) is 0 Å². The Kier molecular flexibility index (Phi) is 7.37. The number of carbonyl (C=O) groups excluding carboxylic acids is 1. The molecule has 5 N–H and O–H groups in total. The minimum atomic E-state index is -0.669. The molecule has 5 nitrogen and oxygen atoms in total. The van der Waals surface area contributed by atoms with E-state index >= 15 is 0 Å². The standard InChI is InChI=1S/C16H29IN2O3/c17-11-5-2-1-4-10(11)8-9-12(18)16(22)19-15-13(20)6-3-7-14(15)21/h10-15,20-21H,1-9,18H2,(H,19,22)/t10?,11?,12-,13?,14?,15?/m0/s1. The van der Waals surface area contributed by atoms with Crippen LogP contribution in [0, 0.1) is 5.92 Å². The number of hydrogen-bond donors (Lipinski definition) is 4. The number of aliphatic hydroxyl groups is 2. The smallest absolute Gasteiger partial charge is 0.237 e. The highest BCUT2D eigenvalue weighted by Gasteiger charge is 2.33. The Morgan fingerprint density at radius 2 is 1.77 bits per heavy atom. The summed E-state index contributed by atoms with van der Waals surface area (Å²) in [6.45, 7) is 0. The molecule has 0 heterocycles. The molecule has 0 radical (unpaired) electrons. The van der Waals surface area contributed by atoms with Gasteiger partial charge in [-0.15, -0.1) is 0 Å². The normalized spacial score (nSPS) is 37.5. The Hall–Kier alpha value is 0.0800. The van der Waals surface area contributed by atoms with Crippen LogP contribution in [0.4, 0.5) is 0 Å². The Labute approximate surface area is 146 Å². The van der Waals surface area contributed by atoms with E-state index in [1.165, 1.54) is 25.7 Å². The molecular formula is C16H29IN2O3. The van der Waals surface area contributed by atoms with E-state index in [0.29, 0.717) is 29.1 Å². The average molecular weight is 424 g/mol. The number of rotatable bonds is 5. The third kappa shape index (κ3) is 5.04. The van der Waals surface area contributed by atoms with Crippen molar-refractivity contribution in [1.29, 1.82) is 0 Å². The second-order valence-electron chi connectivity index (χ2n) is 6.84. The molecule has 4 unspecified atom stereocenters. The Bertz CT molecular complexity index is 359. The number of aliphatic hydroxyl groups excluding tert-OH is 2. The number of amides is 1. The molecule has 0 spiro atoms. The van der Waals surface area contributed by atoms with Crippen LogP contribution in [0.2, 0.25) is 0 Å². The maximum atomic E-state index is 12.2. The first-order valence-corrected chi connectivity index (χ1v) is 9.79. The summed E-state index contributed by atoms with van der Waals surface area (Å²) < 4.78 is 0.698. The zero-order valence-electron chi connectivity index (χ0n) is 13.1. The first-order valence-electron chi connectivity index (χ1n) is 8.55. The lowest BCUT2D eigenvalue weighted by atomic mass is 9.85. The zero-order valence-corrected chi connectivity index (χ0v) is 15.2. The van der Waals surface area contributed by atoms with Gasteiger partial charge in [-0.1, -0.05) is 35.4 Å². The van der Waals surface area contributed by atoms with Crippen molar-refractivity contribution in [3.8, 4) is 0 Å². The van der Waals surface area contributed by atoms with Crippen LogP contribution in [0.15, 0.2) is 0 Å². The molecule has 6 heteroatoms. The molecule has 1 amide bonds. The van der Waals surface area contributed by atoms with Gasteiger partial charge in [-0.3, -0.25) is 4.79 Å². The fraction of sp³-hybridized carbons (Fsp3) is 0.938. The van der Waals surface area contributed by atoms with E-state index in [1.807, 2.05) is 0 Å². The molecule has 0 bridgehead atoms. The topological polar surface area (TPSA) is 95.6 Å². The van der Waals surface area contributed by atoms with Crippen molar-refractivity contribution in [3.05, 3.63) is 0 Å². The van der Waals surface area contributed by atoms with Gasteiger partial charge >= 0.3 is 0 Å². The van der Waals surface area contributed by atoms with Crippen LogP contribution in [0.1, 0.15) is 57.8 Å². The molecule has 2 saturated carbocycles. The van der Waals surface area contributed by atoms with Crippen LogP contribution in [0.3, 0.4) is 0 Å². The molecule has 2 aliphatic rings. The van der Waals surface area contributed by atoms with Gasteiger partial charge in [-0.25, -0.2) is 0 Å². The minimum absolute atomic E-state index is 0.245. The third-order valence-electron chi connectivity index (χ3n) is 5.14. The fourth-order valence-electron chi connectivity index (χ4n) is 3.63. The van der Waals surface area contributed by atoms with Gasteiger partial charge in [-0.2, -0.15) is 0 Å². The largest absolute Gasteiger partial charge is 0.391 e. The summed E-state index contributed by atoms with van der Waals surface area (Å²) in [6, 6.07) is -1.12. The number of carbonyl (C=O) groups is 1. The molecule has 5 atom stereocenters. The summed E-state index contributed by atoms with van der Waals surface area (Å²) in [5.41, 5.74) is 6.01. The number of alkyl halides is 1. The summed E-state index contributed by atoms with van der Waals surface area (Å²) in [5, 5.41) is 22.6. The molecule has 0 aromatic carbocycles. The van der Waals surface area contributed by atoms with Crippen molar-refractivity contribution in [2.24, 2.45) is 11.7 Å². The number of nitrogens with one attached hydrogen (secondary N) is 1. The number of halogens is 1. The summed E-state index contributed by atoms with van der Waals surface area (Å²) in [7, 11) is 0. The zero-order chi connectivity index (χ0) is 16.1. The highest BCUT2D eigenvalue weighted by molar-refractivity contribution is 14.1. The monoisotopic (exact) mass is 424 g/mol. The summed E-state index contributed by atoms with van der Waals surface area (Å²) >= 11 is 2.53. The molecule has 0 aromatic rings. The minimum Gasteiger partial charge on any atom is -0.391 e. The first kappa shape index (κ1) is 18.4. The lowest BCUT2D eigenvalue weighted by molar-refractivity contribution is -0.126. The molecule has 2 fully saturated rings. The van der Waals surface area contributed by atoms with E-state index in [2.05, 4.69) is 27.9 Å². The lowest BCUT2D eigenvalue weighted by Gasteiger charge is -2.33. The molecular weight excluding hydrogens is 395 g/mol. The van der Waals surface area contributed by atoms with Crippen LogP contribution in [0.25, 0.3) is 0 Å². The van der Waals surface area contributed by atoms with Gasteiger partial charge in [-0.05, 0) is 50.9 Å². The maximum absolute atomic E-state index is 12.2. The van der Waals surface area contributed by atoms with Crippen molar-refractivity contribution in [1.82, 2.24) is 5.32 Å². The maximum Gasteiger partial charge on any atom is 0.237 e. The summed E-state index contributed by atoms with van der Waals surface area (Å²) in [5.74, 6) is 0.421. The first-order chi connectivity index (χ1) is 10.5. The van der Waals surface area contributed by atoms with E-state index in [-0.39, 0.29) is 5.91 Å². The van der Waals surface area contributed by atoms with E-state index in [1.54, 1.807) is 0 Å². The summed E-state index contributed by atoms with van der Waals surface area (Å²) in [4.78, 5) is 12.2. The number of hydrogen-bond acceptors (Lipinski definition) is 4. The molecule has 22 heavy (non-hydrogen) atoms. The van der Waals surface area contributed by atoms with Crippen molar-refractivity contribution < 1.29 is 15.0 Å². The Balaban J connectivity index is 1.76. The van der Waals surface area contributed by atoms with Crippen LogP contribution >= 0.6 is 22.6 Å². The third-order valence-corrected chi connectivity index (χ3v) is 6.78. The van der Waals surface area contributed by atoms with Crippen molar-refractivity contribution in [2.75, 3.05) is 0 Å². The van der Waals surface area contributed by atoms with Crippen molar-refractivity contribution >= 4 is 28.5 Å². The fourth-order valence-corrected chi connectivity index (χ4v) is 4.79. The van der Waals surface area contributed by atoms with Crippen LogP contribution in [-0.2, 0) is 4.79 Å². The average Bonchev–Trinajstić information content (AvgIpc) is 2.49. The van der Waals surface area contributed by atoms with E-state index in [0.717, 1.165) is 12.8 Å². The SMILES string of the molecule is N[C@@H](CCC1CCCCC1I)C(=O)NC1C(O)CCCC1O. The van der Waals surface area contributed by atoms with E-state index in [4.69, 9.17) is 5.73 Å². The van der Waals surface area contributed by atoms with Gasteiger partial charge in [0.2, 0.25) is 5.91 Å². The van der Waals surface area contributed by atoms with Crippen molar-refractivity contribution in [2.45, 2.75) is 86.0 Å². The summed E-state index contributed by atoms with van der Waals surface area (Å²) in [6.07, 6.45) is 7.46. The van der Waals surface area contributed by atoms with Gasteiger partial charge in [0.05, 0.1) is 24.3 Å². The van der Waals surface area contributed by atoms with E-state index < -0.39 is 24.3 Å². The second-order valence-corrected chi connectivity index (χ2v) is 8.44. The van der Waals surface area contributed by atoms with Crippen LogP contribution < -0.4 is 11.1 Å². The molecule has 128 valence electrons. The predicted octanol–water partition coefficient (Wildman–Crippen LogP) is 1.48. The highest BCUT2D eigenvalue weighted by Crippen LogP contribution is 2.33. The van der Waals surface area contributed by atoms with Crippen LogP contribution in [-0.4, -0.2) is 44.3 Å². The quantitative estimate of drug-likeness (QED) is 0.397. The van der Waals surface area contributed by atoms with Gasteiger partial charge < -0.3 is 21.3 Å². The Morgan fingerprint density at radius 3 is 2.41 bits per heavy atom. The second kappa shape index (κ2) is 8.80. The molecule has 0 saturated heterocycles. The number of nitrogens with two attached hydrogens (primary N) is 1. The Morgan fingerprint density at radius 1 is 1.14 bits per heavy atom. The predicted molar refractivity (Wildman–Crippen MR) is 94.8 cm³/mol.